The third-order valence-electron chi connectivity index (χ3n) is 3.74. The zero-order chi connectivity index (χ0) is 13.0. The Hall–Kier alpha value is -0.650. The first kappa shape index (κ1) is 13.8. The number of hydrogen-bond acceptors (Lipinski definition) is 4. The summed E-state index contributed by atoms with van der Waals surface area (Å²) in [4.78, 5) is 12.8. The summed E-state index contributed by atoms with van der Waals surface area (Å²) < 4.78 is 11.3. The SMILES string of the molecule is CN1CCCC(CC2OCC(CCC(=O)O)O2)C1. The number of aliphatic carboxylic acids is 1. The van der Waals surface area contributed by atoms with Gasteiger partial charge in [0.25, 0.3) is 0 Å². The minimum Gasteiger partial charge on any atom is -0.481 e. The number of ether oxygens (including phenoxy) is 2. The van der Waals surface area contributed by atoms with Gasteiger partial charge in [-0.15, -0.1) is 0 Å². The summed E-state index contributed by atoms with van der Waals surface area (Å²) in [5, 5.41) is 8.63. The molecule has 0 aromatic rings. The first-order valence-corrected chi connectivity index (χ1v) is 6.81. The number of hydrogen-bond donors (Lipinski definition) is 1. The molecule has 0 saturated carbocycles. The Morgan fingerprint density at radius 1 is 1.50 bits per heavy atom. The molecular weight excluding hydrogens is 234 g/mol. The predicted octanol–water partition coefficient (Wildman–Crippen LogP) is 1.32. The quantitative estimate of drug-likeness (QED) is 0.805. The van der Waals surface area contributed by atoms with Crippen LogP contribution in [0.3, 0.4) is 0 Å². The summed E-state index contributed by atoms with van der Waals surface area (Å²) in [6, 6.07) is 0. The van der Waals surface area contributed by atoms with Crippen molar-refractivity contribution in [3.8, 4) is 0 Å². The van der Waals surface area contributed by atoms with Crippen molar-refractivity contribution >= 4 is 5.97 Å². The molecule has 18 heavy (non-hydrogen) atoms. The van der Waals surface area contributed by atoms with Crippen LogP contribution in [0.2, 0.25) is 0 Å². The fourth-order valence-corrected chi connectivity index (χ4v) is 2.81. The van der Waals surface area contributed by atoms with E-state index in [1.54, 1.807) is 0 Å². The predicted molar refractivity (Wildman–Crippen MR) is 66.3 cm³/mol. The molecule has 104 valence electrons. The van der Waals surface area contributed by atoms with Gasteiger partial charge in [0.1, 0.15) is 0 Å². The second kappa shape index (κ2) is 6.50. The van der Waals surface area contributed by atoms with E-state index in [1.807, 2.05) is 0 Å². The van der Waals surface area contributed by atoms with Gasteiger partial charge in [0.05, 0.1) is 12.7 Å². The van der Waals surface area contributed by atoms with Gasteiger partial charge in [0.2, 0.25) is 0 Å². The molecule has 2 aliphatic heterocycles. The second-order valence-electron chi connectivity index (χ2n) is 5.46. The van der Waals surface area contributed by atoms with E-state index in [9.17, 15) is 4.79 Å². The summed E-state index contributed by atoms with van der Waals surface area (Å²) in [5.74, 6) is -0.122. The van der Waals surface area contributed by atoms with Crippen LogP contribution in [0.1, 0.15) is 32.1 Å². The van der Waals surface area contributed by atoms with Gasteiger partial charge in [0, 0.05) is 19.4 Å². The van der Waals surface area contributed by atoms with E-state index < -0.39 is 5.97 Å². The lowest BCUT2D eigenvalue weighted by Crippen LogP contribution is -2.34. The fraction of sp³-hybridized carbons (Fsp3) is 0.923. The van der Waals surface area contributed by atoms with E-state index in [-0.39, 0.29) is 18.8 Å². The van der Waals surface area contributed by atoms with E-state index in [1.165, 1.54) is 19.4 Å². The van der Waals surface area contributed by atoms with Gasteiger partial charge < -0.3 is 19.5 Å². The van der Waals surface area contributed by atoms with Crippen LogP contribution in [0.5, 0.6) is 0 Å². The van der Waals surface area contributed by atoms with E-state index in [2.05, 4.69) is 11.9 Å². The Morgan fingerprint density at radius 2 is 2.33 bits per heavy atom. The third kappa shape index (κ3) is 4.23. The highest BCUT2D eigenvalue weighted by Gasteiger charge is 2.29. The van der Waals surface area contributed by atoms with Crippen LogP contribution in [-0.2, 0) is 14.3 Å². The fourth-order valence-electron chi connectivity index (χ4n) is 2.81. The number of carboxylic acid groups (broad SMARTS) is 1. The Balaban J connectivity index is 1.67. The molecule has 1 N–H and O–H groups in total. The smallest absolute Gasteiger partial charge is 0.303 e. The van der Waals surface area contributed by atoms with Crippen LogP contribution >= 0.6 is 0 Å². The normalized spacial score (nSPS) is 33.7. The number of rotatable bonds is 5. The van der Waals surface area contributed by atoms with Gasteiger partial charge in [-0.25, -0.2) is 0 Å². The maximum atomic E-state index is 10.5. The molecule has 3 atom stereocenters. The minimum absolute atomic E-state index is 0.0348. The van der Waals surface area contributed by atoms with Gasteiger partial charge in [-0.05, 0) is 38.8 Å². The largest absolute Gasteiger partial charge is 0.481 e. The summed E-state index contributed by atoms with van der Waals surface area (Å²) in [5.41, 5.74) is 0. The lowest BCUT2D eigenvalue weighted by Gasteiger charge is -2.30. The van der Waals surface area contributed by atoms with Crippen molar-refractivity contribution in [1.82, 2.24) is 4.90 Å². The topological polar surface area (TPSA) is 59.0 Å². The Labute approximate surface area is 108 Å². The molecule has 2 heterocycles. The van der Waals surface area contributed by atoms with E-state index in [0.717, 1.165) is 13.0 Å². The molecule has 0 radical (unpaired) electrons. The van der Waals surface area contributed by atoms with Gasteiger partial charge in [0.15, 0.2) is 6.29 Å². The first-order chi connectivity index (χ1) is 8.63. The molecule has 5 nitrogen and oxygen atoms in total. The minimum atomic E-state index is -0.768. The van der Waals surface area contributed by atoms with Crippen molar-refractivity contribution in [1.29, 1.82) is 0 Å². The lowest BCUT2D eigenvalue weighted by molar-refractivity contribution is -0.138. The highest BCUT2D eigenvalue weighted by Crippen LogP contribution is 2.26. The molecule has 0 amide bonds. The maximum absolute atomic E-state index is 10.5. The number of carboxylic acids is 1. The summed E-state index contributed by atoms with van der Waals surface area (Å²) >= 11 is 0. The lowest BCUT2D eigenvalue weighted by atomic mass is 9.95. The Kier molecular flexibility index (Phi) is 4.97. The van der Waals surface area contributed by atoms with Gasteiger partial charge >= 0.3 is 5.97 Å². The summed E-state index contributed by atoms with van der Waals surface area (Å²) in [6.07, 6.45) is 3.98. The van der Waals surface area contributed by atoms with Crippen molar-refractivity contribution in [2.24, 2.45) is 5.92 Å². The number of piperidine rings is 1. The van der Waals surface area contributed by atoms with Crippen molar-refractivity contribution in [2.45, 2.75) is 44.5 Å². The average Bonchev–Trinajstić information content (AvgIpc) is 2.74. The highest BCUT2D eigenvalue weighted by atomic mass is 16.7. The van der Waals surface area contributed by atoms with E-state index in [0.29, 0.717) is 18.9 Å². The van der Waals surface area contributed by atoms with Crippen LogP contribution in [0.4, 0.5) is 0 Å². The molecule has 0 spiro atoms. The van der Waals surface area contributed by atoms with Crippen LogP contribution in [-0.4, -0.2) is 55.1 Å². The van der Waals surface area contributed by atoms with Crippen LogP contribution < -0.4 is 0 Å². The number of likely N-dealkylation sites (tertiary alicyclic amines) is 1. The van der Waals surface area contributed by atoms with Gasteiger partial charge in [-0.3, -0.25) is 4.79 Å². The summed E-state index contributed by atoms with van der Waals surface area (Å²) in [6.45, 7) is 2.84. The second-order valence-corrected chi connectivity index (χ2v) is 5.46. The molecule has 2 saturated heterocycles. The molecule has 0 bridgehead atoms. The Bertz CT molecular complexity index is 284. The van der Waals surface area contributed by atoms with Crippen LogP contribution in [0.15, 0.2) is 0 Å². The van der Waals surface area contributed by atoms with Crippen molar-refractivity contribution in [3.05, 3.63) is 0 Å². The first-order valence-electron chi connectivity index (χ1n) is 6.81. The van der Waals surface area contributed by atoms with Crippen molar-refractivity contribution < 1.29 is 19.4 Å². The van der Waals surface area contributed by atoms with Crippen molar-refractivity contribution in [2.75, 3.05) is 26.7 Å². The summed E-state index contributed by atoms with van der Waals surface area (Å²) in [7, 11) is 2.15. The standard InChI is InChI=1S/C13H23NO4/c1-14-6-2-3-10(8-14)7-13-17-9-11(18-13)4-5-12(15)16/h10-11,13H,2-9H2,1H3,(H,15,16). The van der Waals surface area contributed by atoms with Crippen molar-refractivity contribution in [3.63, 3.8) is 0 Å². The van der Waals surface area contributed by atoms with Crippen LogP contribution in [0, 0.1) is 5.92 Å². The van der Waals surface area contributed by atoms with Crippen LogP contribution in [0.25, 0.3) is 0 Å². The molecule has 0 aromatic carbocycles. The molecule has 0 aromatic heterocycles. The third-order valence-corrected chi connectivity index (χ3v) is 3.74. The molecular formula is C13H23NO4. The number of nitrogens with zero attached hydrogens (tertiary/aromatic N) is 1. The molecule has 3 unspecified atom stereocenters. The monoisotopic (exact) mass is 257 g/mol. The maximum Gasteiger partial charge on any atom is 0.303 e. The average molecular weight is 257 g/mol. The van der Waals surface area contributed by atoms with Gasteiger partial charge in [-0.1, -0.05) is 0 Å². The highest BCUT2D eigenvalue weighted by molar-refractivity contribution is 5.66. The molecule has 2 aliphatic rings. The van der Waals surface area contributed by atoms with E-state index in [4.69, 9.17) is 14.6 Å². The van der Waals surface area contributed by atoms with E-state index >= 15 is 0 Å². The zero-order valence-corrected chi connectivity index (χ0v) is 11.0. The number of carbonyl (C=O) groups is 1. The zero-order valence-electron chi connectivity index (χ0n) is 11.0. The molecule has 5 heteroatoms. The molecule has 0 aliphatic carbocycles. The molecule has 2 fully saturated rings. The Morgan fingerprint density at radius 3 is 3.06 bits per heavy atom. The van der Waals surface area contributed by atoms with Gasteiger partial charge in [-0.2, -0.15) is 0 Å². The molecule has 2 rings (SSSR count).